The van der Waals surface area contributed by atoms with Crippen molar-refractivity contribution in [1.82, 2.24) is 15.1 Å². The molecular formula is C22H36Cl2N4O2. The summed E-state index contributed by atoms with van der Waals surface area (Å²) in [5.41, 5.74) is 1.74. The molecule has 2 amide bonds. The molecule has 1 unspecified atom stereocenters. The van der Waals surface area contributed by atoms with Gasteiger partial charge in [-0.05, 0) is 62.5 Å². The highest BCUT2D eigenvalue weighted by Crippen LogP contribution is 2.25. The monoisotopic (exact) mass is 458 g/mol. The van der Waals surface area contributed by atoms with Crippen molar-refractivity contribution in [3.05, 3.63) is 29.8 Å². The molecule has 0 spiro atoms. The van der Waals surface area contributed by atoms with E-state index in [2.05, 4.69) is 29.5 Å². The van der Waals surface area contributed by atoms with Crippen molar-refractivity contribution in [2.75, 3.05) is 51.6 Å². The Morgan fingerprint density at radius 1 is 1.13 bits per heavy atom. The number of piperidine rings is 1. The molecule has 0 aliphatic carbocycles. The van der Waals surface area contributed by atoms with Crippen molar-refractivity contribution in [3.8, 4) is 0 Å². The number of carbonyl (C=O) groups is 2. The lowest BCUT2D eigenvalue weighted by Crippen LogP contribution is -2.47. The fraction of sp³-hybridized carbons (Fsp3) is 0.636. The second kappa shape index (κ2) is 13.2. The Morgan fingerprint density at radius 2 is 1.80 bits per heavy atom. The standard InChI is InChI=1S/C22H34N4O2.2ClH/c1-17(19-6-8-23-9-7-19)14-21(27)24-20-5-3-4-18(15-20)16-22(28)26-12-10-25(2)11-13-26;;/h3-5,15,17,19,23H,6-14,16H2,1-2H3,(H,24,27);2*1H. The highest BCUT2D eigenvalue weighted by molar-refractivity contribution is 5.91. The van der Waals surface area contributed by atoms with E-state index < -0.39 is 0 Å². The number of nitrogens with zero attached hydrogens (tertiary/aromatic N) is 2. The quantitative estimate of drug-likeness (QED) is 0.687. The predicted octanol–water partition coefficient (Wildman–Crippen LogP) is 2.81. The Kier molecular flexibility index (Phi) is 11.7. The lowest BCUT2D eigenvalue weighted by atomic mass is 9.84. The normalized spacial score (nSPS) is 18.7. The fourth-order valence-electron chi connectivity index (χ4n) is 4.19. The van der Waals surface area contributed by atoms with E-state index in [1.807, 2.05) is 29.2 Å². The molecule has 2 fully saturated rings. The van der Waals surface area contributed by atoms with E-state index in [0.717, 1.165) is 63.4 Å². The van der Waals surface area contributed by atoms with E-state index in [1.165, 1.54) is 0 Å². The number of likely N-dealkylation sites (N-methyl/N-ethyl adjacent to an activating group) is 1. The largest absolute Gasteiger partial charge is 0.340 e. The minimum absolute atomic E-state index is 0. The van der Waals surface area contributed by atoms with Gasteiger partial charge < -0.3 is 20.4 Å². The molecule has 1 atom stereocenters. The van der Waals surface area contributed by atoms with Crippen LogP contribution >= 0.6 is 24.8 Å². The lowest BCUT2D eigenvalue weighted by Gasteiger charge is -2.32. The Morgan fingerprint density at radius 3 is 2.47 bits per heavy atom. The number of benzene rings is 1. The van der Waals surface area contributed by atoms with Crippen molar-refractivity contribution in [2.45, 2.75) is 32.6 Å². The van der Waals surface area contributed by atoms with E-state index in [-0.39, 0.29) is 36.6 Å². The minimum atomic E-state index is 0. The van der Waals surface area contributed by atoms with Crippen LogP contribution in [0.1, 0.15) is 31.7 Å². The third kappa shape index (κ3) is 8.06. The zero-order valence-corrected chi connectivity index (χ0v) is 19.7. The molecule has 2 N–H and O–H groups in total. The number of anilines is 1. The van der Waals surface area contributed by atoms with Gasteiger partial charge in [0.25, 0.3) is 0 Å². The molecule has 1 aromatic rings. The van der Waals surface area contributed by atoms with E-state index in [9.17, 15) is 9.59 Å². The van der Waals surface area contributed by atoms with Crippen LogP contribution in [0.3, 0.4) is 0 Å². The third-order valence-electron chi connectivity index (χ3n) is 6.12. The maximum atomic E-state index is 12.5. The molecular weight excluding hydrogens is 423 g/mol. The van der Waals surface area contributed by atoms with Gasteiger partial charge in [-0.25, -0.2) is 0 Å². The van der Waals surface area contributed by atoms with Crippen LogP contribution in [-0.4, -0.2) is 67.9 Å². The topological polar surface area (TPSA) is 64.7 Å². The summed E-state index contributed by atoms with van der Waals surface area (Å²) >= 11 is 0. The molecule has 6 nitrogen and oxygen atoms in total. The Balaban J connectivity index is 0.00000225. The Labute approximate surface area is 193 Å². The third-order valence-corrected chi connectivity index (χ3v) is 6.12. The molecule has 30 heavy (non-hydrogen) atoms. The maximum Gasteiger partial charge on any atom is 0.227 e. The van der Waals surface area contributed by atoms with Crippen LogP contribution in [0, 0.1) is 11.8 Å². The van der Waals surface area contributed by atoms with Gasteiger partial charge in [0.2, 0.25) is 11.8 Å². The molecule has 1 aromatic carbocycles. The summed E-state index contributed by atoms with van der Waals surface area (Å²) in [5, 5.41) is 6.40. The number of halogens is 2. The zero-order chi connectivity index (χ0) is 19.9. The van der Waals surface area contributed by atoms with Gasteiger partial charge >= 0.3 is 0 Å². The lowest BCUT2D eigenvalue weighted by molar-refractivity contribution is -0.132. The number of carbonyl (C=O) groups excluding carboxylic acids is 2. The fourth-order valence-corrected chi connectivity index (χ4v) is 4.19. The van der Waals surface area contributed by atoms with Crippen LogP contribution in [0.15, 0.2) is 24.3 Å². The molecule has 2 aliphatic heterocycles. The number of nitrogens with one attached hydrogen (secondary N) is 2. The second-order valence-corrected chi connectivity index (χ2v) is 8.38. The van der Waals surface area contributed by atoms with Gasteiger partial charge in [0.1, 0.15) is 0 Å². The molecule has 170 valence electrons. The molecule has 3 rings (SSSR count). The highest BCUT2D eigenvalue weighted by Gasteiger charge is 2.22. The first-order valence-corrected chi connectivity index (χ1v) is 10.6. The van der Waals surface area contributed by atoms with E-state index in [0.29, 0.717) is 24.7 Å². The average Bonchev–Trinajstić information content (AvgIpc) is 2.69. The van der Waals surface area contributed by atoms with Crippen LogP contribution in [-0.2, 0) is 16.0 Å². The van der Waals surface area contributed by atoms with Gasteiger partial charge in [-0.2, -0.15) is 0 Å². The first-order chi connectivity index (χ1) is 13.5. The van der Waals surface area contributed by atoms with Gasteiger partial charge in [0.05, 0.1) is 6.42 Å². The van der Waals surface area contributed by atoms with Crippen molar-refractivity contribution in [3.63, 3.8) is 0 Å². The van der Waals surface area contributed by atoms with Crippen LogP contribution in [0.4, 0.5) is 5.69 Å². The molecule has 0 bridgehead atoms. The van der Waals surface area contributed by atoms with Crippen molar-refractivity contribution < 1.29 is 9.59 Å². The summed E-state index contributed by atoms with van der Waals surface area (Å²) < 4.78 is 0. The summed E-state index contributed by atoms with van der Waals surface area (Å²) in [5.74, 6) is 1.24. The average molecular weight is 459 g/mol. The zero-order valence-electron chi connectivity index (χ0n) is 18.1. The van der Waals surface area contributed by atoms with Crippen molar-refractivity contribution in [2.24, 2.45) is 11.8 Å². The predicted molar refractivity (Wildman–Crippen MR) is 127 cm³/mol. The summed E-state index contributed by atoms with van der Waals surface area (Å²) in [6.07, 6.45) is 3.24. The maximum absolute atomic E-state index is 12.5. The second-order valence-electron chi connectivity index (χ2n) is 8.38. The Bertz CT molecular complexity index is 675. The molecule has 0 aromatic heterocycles. The summed E-state index contributed by atoms with van der Waals surface area (Å²) in [6, 6.07) is 7.71. The van der Waals surface area contributed by atoms with Gasteiger partial charge in [-0.3, -0.25) is 9.59 Å². The van der Waals surface area contributed by atoms with Gasteiger partial charge in [-0.1, -0.05) is 19.1 Å². The molecule has 2 heterocycles. The van der Waals surface area contributed by atoms with Crippen LogP contribution in [0.2, 0.25) is 0 Å². The number of rotatable bonds is 6. The minimum Gasteiger partial charge on any atom is -0.340 e. The first-order valence-electron chi connectivity index (χ1n) is 10.6. The number of hydrogen-bond acceptors (Lipinski definition) is 4. The molecule has 8 heteroatoms. The van der Waals surface area contributed by atoms with Gasteiger partial charge in [0.15, 0.2) is 0 Å². The van der Waals surface area contributed by atoms with E-state index in [1.54, 1.807) is 0 Å². The molecule has 2 saturated heterocycles. The molecule has 2 aliphatic rings. The van der Waals surface area contributed by atoms with Crippen molar-refractivity contribution >= 4 is 42.3 Å². The molecule has 0 saturated carbocycles. The van der Waals surface area contributed by atoms with Crippen LogP contribution in [0.5, 0.6) is 0 Å². The highest BCUT2D eigenvalue weighted by atomic mass is 35.5. The van der Waals surface area contributed by atoms with E-state index >= 15 is 0 Å². The SMILES string of the molecule is CC(CC(=O)Nc1cccc(CC(=O)N2CCN(C)CC2)c1)C1CCNCC1.Cl.Cl. The molecule has 0 radical (unpaired) electrons. The number of amides is 2. The van der Waals surface area contributed by atoms with Crippen LogP contribution in [0.25, 0.3) is 0 Å². The summed E-state index contributed by atoms with van der Waals surface area (Å²) in [4.78, 5) is 29.2. The summed E-state index contributed by atoms with van der Waals surface area (Å²) in [6.45, 7) is 7.73. The first kappa shape index (κ1) is 26.7. The number of hydrogen-bond donors (Lipinski definition) is 2. The van der Waals surface area contributed by atoms with E-state index in [4.69, 9.17) is 0 Å². The number of piperazine rings is 1. The van der Waals surface area contributed by atoms with Gasteiger partial charge in [-0.15, -0.1) is 24.8 Å². The Hall–Kier alpha value is -1.34. The van der Waals surface area contributed by atoms with Crippen LogP contribution < -0.4 is 10.6 Å². The summed E-state index contributed by atoms with van der Waals surface area (Å²) in [7, 11) is 2.08. The van der Waals surface area contributed by atoms with Gasteiger partial charge in [0, 0.05) is 38.3 Å². The van der Waals surface area contributed by atoms with Crippen molar-refractivity contribution in [1.29, 1.82) is 0 Å². The smallest absolute Gasteiger partial charge is 0.227 e.